The van der Waals surface area contributed by atoms with Gasteiger partial charge in [-0.3, -0.25) is 4.79 Å². The lowest BCUT2D eigenvalue weighted by Crippen LogP contribution is -2.48. The fraction of sp³-hybridized carbons (Fsp3) is 0.533. The lowest BCUT2D eigenvalue weighted by molar-refractivity contribution is -0.120. The molecule has 7 heteroatoms. The molecule has 1 atom stereocenters. The van der Waals surface area contributed by atoms with Crippen molar-refractivity contribution in [3.63, 3.8) is 0 Å². The normalized spacial score (nSPS) is 13.2. The third kappa shape index (κ3) is 4.71. The van der Waals surface area contributed by atoms with Crippen LogP contribution in [0.5, 0.6) is 0 Å². The molecule has 1 aromatic carbocycles. The fourth-order valence-corrected chi connectivity index (χ4v) is 2.76. The van der Waals surface area contributed by atoms with E-state index in [1.54, 1.807) is 30.3 Å². The summed E-state index contributed by atoms with van der Waals surface area (Å²) in [4.78, 5) is 12.2. The smallest absolute Gasteiger partial charge is 0.304 e. The highest BCUT2D eigenvalue weighted by molar-refractivity contribution is 7.90. The van der Waals surface area contributed by atoms with Crippen molar-refractivity contribution in [3.8, 4) is 0 Å². The molecule has 0 radical (unpaired) electrons. The largest absolute Gasteiger partial charge is 0.352 e. The molecule has 0 saturated carbocycles. The average molecular weight is 327 g/mol. The van der Waals surface area contributed by atoms with Crippen LogP contribution in [0.25, 0.3) is 0 Å². The number of benzene rings is 1. The first-order valence-electron chi connectivity index (χ1n) is 7.21. The van der Waals surface area contributed by atoms with Gasteiger partial charge in [0.1, 0.15) is 6.54 Å². The van der Waals surface area contributed by atoms with Gasteiger partial charge in [0.15, 0.2) is 0 Å². The van der Waals surface area contributed by atoms with E-state index in [4.69, 9.17) is 0 Å². The van der Waals surface area contributed by atoms with Crippen LogP contribution in [0.1, 0.15) is 20.8 Å². The standard InChI is InChI=1S/C15H25N3O3S/c1-12(2)13(3)16-15(19)11-18(22(20,21)17(4)5)14-9-7-6-8-10-14/h6-10,12-13H,11H2,1-5H3,(H,16,19)/t13-/m1/s1. The summed E-state index contributed by atoms with van der Waals surface area (Å²) in [5.74, 6) is -0.0462. The van der Waals surface area contributed by atoms with E-state index in [0.717, 1.165) is 8.61 Å². The average Bonchev–Trinajstić information content (AvgIpc) is 2.45. The van der Waals surface area contributed by atoms with E-state index in [1.807, 2.05) is 20.8 Å². The Morgan fingerprint density at radius 2 is 1.68 bits per heavy atom. The maximum Gasteiger partial charge on any atom is 0.304 e. The molecule has 0 aliphatic rings. The molecule has 1 rings (SSSR count). The summed E-state index contributed by atoms with van der Waals surface area (Å²) in [6.07, 6.45) is 0. The van der Waals surface area contributed by atoms with E-state index in [0.29, 0.717) is 5.69 Å². The number of rotatable bonds is 7. The second-order valence-corrected chi connectivity index (χ2v) is 7.80. The van der Waals surface area contributed by atoms with Crippen LogP contribution in [0.15, 0.2) is 30.3 Å². The van der Waals surface area contributed by atoms with Crippen LogP contribution in [-0.4, -0.2) is 45.3 Å². The van der Waals surface area contributed by atoms with Gasteiger partial charge >= 0.3 is 10.2 Å². The Morgan fingerprint density at radius 3 is 2.14 bits per heavy atom. The van der Waals surface area contributed by atoms with Crippen molar-refractivity contribution < 1.29 is 13.2 Å². The zero-order valence-corrected chi connectivity index (χ0v) is 14.6. The Balaban J connectivity index is 3.01. The van der Waals surface area contributed by atoms with Crippen LogP contribution in [0, 0.1) is 5.92 Å². The first kappa shape index (κ1) is 18.4. The van der Waals surface area contributed by atoms with Crippen molar-refractivity contribution in [1.29, 1.82) is 0 Å². The van der Waals surface area contributed by atoms with Crippen LogP contribution in [-0.2, 0) is 15.0 Å². The van der Waals surface area contributed by atoms with Gasteiger partial charge in [0.05, 0.1) is 5.69 Å². The molecule has 0 unspecified atom stereocenters. The minimum absolute atomic E-state index is 0.0211. The molecule has 1 amide bonds. The van der Waals surface area contributed by atoms with Gasteiger partial charge in [0.25, 0.3) is 0 Å². The molecule has 0 spiro atoms. The van der Waals surface area contributed by atoms with E-state index in [9.17, 15) is 13.2 Å². The lowest BCUT2D eigenvalue weighted by Gasteiger charge is -2.28. The van der Waals surface area contributed by atoms with Crippen LogP contribution >= 0.6 is 0 Å². The van der Waals surface area contributed by atoms with Crippen molar-refractivity contribution in [2.75, 3.05) is 24.9 Å². The highest BCUT2D eigenvalue weighted by Crippen LogP contribution is 2.18. The number of anilines is 1. The van der Waals surface area contributed by atoms with E-state index in [2.05, 4.69) is 5.32 Å². The fourth-order valence-electron chi connectivity index (χ4n) is 1.69. The van der Waals surface area contributed by atoms with Crippen molar-refractivity contribution in [2.45, 2.75) is 26.8 Å². The number of nitrogens with zero attached hydrogens (tertiary/aromatic N) is 2. The number of amides is 1. The molecular formula is C15H25N3O3S. The molecule has 0 heterocycles. The van der Waals surface area contributed by atoms with E-state index < -0.39 is 10.2 Å². The Morgan fingerprint density at radius 1 is 1.14 bits per heavy atom. The summed E-state index contributed by atoms with van der Waals surface area (Å²) >= 11 is 0. The summed E-state index contributed by atoms with van der Waals surface area (Å²) in [6, 6.07) is 8.59. The van der Waals surface area contributed by atoms with Crippen molar-refractivity contribution in [1.82, 2.24) is 9.62 Å². The zero-order valence-electron chi connectivity index (χ0n) is 13.8. The monoisotopic (exact) mass is 327 g/mol. The molecule has 22 heavy (non-hydrogen) atoms. The molecule has 124 valence electrons. The number of hydrogen-bond acceptors (Lipinski definition) is 3. The summed E-state index contributed by atoms with van der Waals surface area (Å²) in [5, 5.41) is 2.83. The first-order valence-corrected chi connectivity index (χ1v) is 8.60. The van der Waals surface area contributed by atoms with Gasteiger partial charge in [-0.25, -0.2) is 4.31 Å². The van der Waals surface area contributed by atoms with E-state index >= 15 is 0 Å². The highest BCUT2D eigenvalue weighted by atomic mass is 32.2. The molecule has 0 aromatic heterocycles. The van der Waals surface area contributed by atoms with Crippen molar-refractivity contribution >= 4 is 21.8 Å². The van der Waals surface area contributed by atoms with Crippen LogP contribution in [0.3, 0.4) is 0 Å². The summed E-state index contributed by atoms with van der Waals surface area (Å²) in [7, 11) is -0.849. The highest BCUT2D eigenvalue weighted by Gasteiger charge is 2.27. The minimum Gasteiger partial charge on any atom is -0.352 e. The number of hydrogen-bond donors (Lipinski definition) is 1. The van der Waals surface area contributed by atoms with Gasteiger partial charge in [-0.1, -0.05) is 32.0 Å². The number of carbonyl (C=O) groups excluding carboxylic acids is 1. The van der Waals surface area contributed by atoms with Gasteiger partial charge in [-0.05, 0) is 25.0 Å². The predicted molar refractivity (Wildman–Crippen MR) is 88.8 cm³/mol. The molecule has 0 aliphatic heterocycles. The van der Waals surface area contributed by atoms with Gasteiger partial charge in [-0.15, -0.1) is 0 Å². The number of nitrogens with one attached hydrogen (secondary N) is 1. The van der Waals surface area contributed by atoms with Crippen molar-refractivity contribution in [2.24, 2.45) is 5.92 Å². The van der Waals surface area contributed by atoms with Crippen LogP contribution in [0.4, 0.5) is 5.69 Å². The van der Waals surface area contributed by atoms with E-state index in [-0.39, 0.29) is 24.4 Å². The molecule has 0 saturated heterocycles. The second kappa shape index (κ2) is 7.60. The van der Waals surface area contributed by atoms with Crippen molar-refractivity contribution in [3.05, 3.63) is 30.3 Å². The Labute approximate surface area is 133 Å². The van der Waals surface area contributed by atoms with Gasteiger partial charge in [-0.2, -0.15) is 12.7 Å². The molecule has 6 nitrogen and oxygen atoms in total. The van der Waals surface area contributed by atoms with E-state index in [1.165, 1.54) is 14.1 Å². The third-order valence-corrected chi connectivity index (χ3v) is 5.28. The topological polar surface area (TPSA) is 69.7 Å². The minimum atomic E-state index is -3.74. The quantitative estimate of drug-likeness (QED) is 0.824. The van der Waals surface area contributed by atoms with Gasteiger partial charge in [0, 0.05) is 20.1 Å². The number of carbonyl (C=O) groups is 1. The summed E-state index contributed by atoms with van der Waals surface area (Å²) < 4.78 is 27.1. The van der Waals surface area contributed by atoms with Gasteiger partial charge < -0.3 is 5.32 Å². The molecule has 0 aliphatic carbocycles. The van der Waals surface area contributed by atoms with Crippen LogP contribution in [0.2, 0.25) is 0 Å². The maximum absolute atomic E-state index is 12.5. The molecule has 0 bridgehead atoms. The maximum atomic E-state index is 12.5. The Kier molecular flexibility index (Phi) is 6.37. The lowest BCUT2D eigenvalue weighted by atomic mass is 10.1. The zero-order chi connectivity index (χ0) is 16.9. The predicted octanol–water partition coefficient (Wildman–Crippen LogP) is 1.46. The van der Waals surface area contributed by atoms with Crippen LogP contribution < -0.4 is 9.62 Å². The Hall–Kier alpha value is -1.60. The number of para-hydroxylation sites is 1. The first-order chi connectivity index (χ1) is 10.2. The molecule has 1 N–H and O–H groups in total. The SMILES string of the molecule is CC(C)[C@@H](C)NC(=O)CN(c1ccccc1)S(=O)(=O)N(C)C. The molecular weight excluding hydrogens is 302 g/mol. The second-order valence-electron chi connectivity index (χ2n) is 5.73. The third-order valence-electron chi connectivity index (χ3n) is 3.46. The summed E-state index contributed by atoms with van der Waals surface area (Å²) in [5.41, 5.74) is 0.462. The van der Waals surface area contributed by atoms with Gasteiger partial charge in [0.2, 0.25) is 5.91 Å². The molecule has 1 aromatic rings. The Bertz CT molecular complexity index is 585. The summed E-state index contributed by atoms with van der Waals surface area (Å²) in [6.45, 7) is 5.64. The molecule has 0 fully saturated rings.